The zero-order valence-corrected chi connectivity index (χ0v) is 17.5. The molecule has 5 nitrogen and oxygen atoms in total. The van der Waals surface area contributed by atoms with Crippen LogP contribution in [-0.4, -0.2) is 75.2 Å². The van der Waals surface area contributed by atoms with Crippen molar-refractivity contribution in [2.45, 2.75) is 38.0 Å². The molecule has 0 unspecified atom stereocenters. The molecule has 2 aliphatic rings. The molecule has 0 amide bonds. The fraction of sp³-hybridized carbons (Fsp3) is 0.682. The first-order valence-electron chi connectivity index (χ1n) is 10.8. The number of guanidine groups is 1. The Kier molecular flexibility index (Phi) is 7.68. The Balaban J connectivity index is 1.46. The van der Waals surface area contributed by atoms with Gasteiger partial charge in [-0.1, -0.05) is 18.2 Å². The van der Waals surface area contributed by atoms with Crippen LogP contribution in [0.15, 0.2) is 29.3 Å². The average Bonchev–Trinajstić information content (AvgIpc) is 3.49. The molecule has 6 heteroatoms. The van der Waals surface area contributed by atoms with Crippen LogP contribution in [0.4, 0.5) is 4.39 Å². The number of likely N-dealkylation sites (N-methyl/N-ethyl adjacent to an activating group) is 1. The molecule has 2 fully saturated rings. The molecule has 28 heavy (non-hydrogen) atoms. The van der Waals surface area contributed by atoms with E-state index < -0.39 is 0 Å². The van der Waals surface area contributed by atoms with Gasteiger partial charge in [-0.15, -0.1) is 0 Å². The smallest absolute Gasteiger partial charge is 0.191 e. The summed E-state index contributed by atoms with van der Waals surface area (Å²) in [7, 11) is 2.21. The zero-order valence-electron chi connectivity index (χ0n) is 17.5. The van der Waals surface area contributed by atoms with E-state index >= 15 is 0 Å². The molecule has 0 bridgehead atoms. The van der Waals surface area contributed by atoms with E-state index in [1.54, 1.807) is 12.1 Å². The molecular formula is C22H36FN5. The zero-order chi connectivity index (χ0) is 19.8. The number of rotatable bonds is 8. The highest BCUT2D eigenvalue weighted by Crippen LogP contribution is 2.49. The first-order chi connectivity index (χ1) is 13.6. The third kappa shape index (κ3) is 5.92. The molecule has 156 valence electrons. The molecule has 0 spiro atoms. The average molecular weight is 390 g/mol. The number of benzene rings is 1. The predicted octanol–water partition coefficient (Wildman–Crippen LogP) is 2.44. The van der Waals surface area contributed by atoms with Crippen LogP contribution < -0.4 is 10.6 Å². The maximum Gasteiger partial charge on any atom is 0.191 e. The molecule has 1 aromatic carbocycles. The Morgan fingerprint density at radius 1 is 1.14 bits per heavy atom. The van der Waals surface area contributed by atoms with Crippen molar-refractivity contribution >= 4 is 5.96 Å². The first kappa shape index (κ1) is 21.1. The van der Waals surface area contributed by atoms with Gasteiger partial charge in [0.2, 0.25) is 0 Å². The highest BCUT2D eigenvalue weighted by Gasteiger charge is 2.45. The quantitative estimate of drug-likeness (QED) is 0.407. The minimum Gasteiger partial charge on any atom is -0.357 e. The van der Waals surface area contributed by atoms with Crippen LogP contribution in [0.2, 0.25) is 0 Å². The second kappa shape index (κ2) is 10.2. The van der Waals surface area contributed by atoms with Crippen molar-refractivity contribution in [1.82, 2.24) is 20.4 Å². The van der Waals surface area contributed by atoms with E-state index in [0.717, 1.165) is 63.5 Å². The van der Waals surface area contributed by atoms with Crippen LogP contribution in [0.5, 0.6) is 0 Å². The molecular weight excluding hydrogens is 353 g/mol. The van der Waals surface area contributed by atoms with Crippen LogP contribution >= 0.6 is 0 Å². The lowest BCUT2D eigenvalue weighted by Gasteiger charge is -2.20. The molecule has 1 heterocycles. The molecule has 0 aromatic heterocycles. The van der Waals surface area contributed by atoms with Gasteiger partial charge < -0.3 is 20.4 Å². The van der Waals surface area contributed by atoms with Gasteiger partial charge in [-0.25, -0.2) is 4.39 Å². The summed E-state index contributed by atoms with van der Waals surface area (Å²) in [4.78, 5) is 9.76. The van der Waals surface area contributed by atoms with Crippen molar-refractivity contribution in [1.29, 1.82) is 0 Å². The van der Waals surface area contributed by atoms with Crippen molar-refractivity contribution < 1.29 is 4.39 Å². The van der Waals surface area contributed by atoms with E-state index in [2.05, 4.69) is 34.4 Å². The summed E-state index contributed by atoms with van der Waals surface area (Å²) in [6.45, 7) is 10.3. The maximum absolute atomic E-state index is 14.2. The second-order valence-electron chi connectivity index (χ2n) is 8.23. The van der Waals surface area contributed by atoms with Crippen molar-refractivity contribution in [3.63, 3.8) is 0 Å². The molecule has 1 aromatic rings. The summed E-state index contributed by atoms with van der Waals surface area (Å²) >= 11 is 0. The van der Waals surface area contributed by atoms with Gasteiger partial charge in [0.1, 0.15) is 5.82 Å². The molecule has 0 radical (unpaired) electrons. The van der Waals surface area contributed by atoms with E-state index in [4.69, 9.17) is 4.99 Å². The van der Waals surface area contributed by atoms with Crippen LogP contribution in [-0.2, 0) is 5.41 Å². The van der Waals surface area contributed by atoms with E-state index in [-0.39, 0.29) is 11.2 Å². The SMILES string of the molecule is CCNC(=NCC1(c2ccccc2F)CC1)NCCCN1CCCN(C)CC1. The lowest BCUT2D eigenvalue weighted by atomic mass is 9.95. The predicted molar refractivity (Wildman–Crippen MR) is 114 cm³/mol. The molecule has 1 aliphatic carbocycles. The van der Waals surface area contributed by atoms with Gasteiger partial charge >= 0.3 is 0 Å². The van der Waals surface area contributed by atoms with Crippen LogP contribution in [0.1, 0.15) is 38.2 Å². The fourth-order valence-electron chi connectivity index (χ4n) is 3.96. The van der Waals surface area contributed by atoms with Gasteiger partial charge in [0.25, 0.3) is 0 Å². The van der Waals surface area contributed by atoms with Gasteiger partial charge in [-0.3, -0.25) is 4.99 Å². The Morgan fingerprint density at radius 3 is 2.71 bits per heavy atom. The first-order valence-corrected chi connectivity index (χ1v) is 10.8. The third-order valence-corrected chi connectivity index (χ3v) is 5.94. The molecule has 2 N–H and O–H groups in total. The van der Waals surface area contributed by atoms with Gasteiger partial charge in [0.05, 0.1) is 6.54 Å². The Morgan fingerprint density at radius 2 is 1.96 bits per heavy atom. The van der Waals surface area contributed by atoms with Crippen molar-refractivity contribution in [2.75, 3.05) is 59.4 Å². The molecule has 1 saturated carbocycles. The van der Waals surface area contributed by atoms with Gasteiger partial charge in [-0.2, -0.15) is 0 Å². The Labute approximate surface area is 169 Å². The normalized spacial score (nSPS) is 20.6. The Bertz CT molecular complexity index is 644. The maximum atomic E-state index is 14.2. The highest BCUT2D eigenvalue weighted by molar-refractivity contribution is 5.79. The topological polar surface area (TPSA) is 42.9 Å². The second-order valence-corrected chi connectivity index (χ2v) is 8.23. The molecule has 1 saturated heterocycles. The van der Waals surface area contributed by atoms with E-state index in [1.807, 2.05) is 12.1 Å². The van der Waals surface area contributed by atoms with Crippen LogP contribution in [0, 0.1) is 5.82 Å². The van der Waals surface area contributed by atoms with E-state index in [1.165, 1.54) is 19.5 Å². The van der Waals surface area contributed by atoms with Crippen molar-refractivity contribution in [3.8, 4) is 0 Å². The number of aliphatic imine (C=N–C) groups is 1. The van der Waals surface area contributed by atoms with E-state index in [0.29, 0.717) is 6.54 Å². The van der Waals surface area contributed by atoms with Gasteiger partial charge in [-0.05, 0) is 70.9 Å². The minimum atomic E-state index is -0.105. The number of halogens is 1. The lowest BCUT2D eigenvalue weighted by Crippen LogP contribution is -2.39. The number of nitrogens with zero attached hydrogens (tertiary/aromatic N) is 3. The number of hydrogen-bond acceptors (Lipinski definition) is 3. The van der Waals surface area contributed by atoms with Crippen molar-refractivity contribution in [3.05, 3.63) is 35.6 Å². The summed E-state index contributed by atoms with van der Waals surface area (Å²) in [5.74, 6) is 0.747. The van der Waals surface area contributed by atoms with Gasteiger partial charge in [0.15, 0.2) is 5.96 Å². The fourth-order valence-corrected chi connectivity index (χ4v) is 3.96. The minimum absolute atomic E-state index is 0.101. The van der Waals surface area contributed by atoms with Crippen LogP contribution in [0.25, 0.3) is 0 Å². The third-order valence-electron chi connectivity index (χ3n) is 5.94. The van der Waals surface area contributed by atoms with Crippen LogP contribution in [0.3, 0.4) is 0 Å². The molecule has 3 rings (SSSR count). The summed E-state index contributed by atoms with van der Waals surface area (Å²) in [5.41, 5.74) is 0.715. The summed E-state index contributed by atoms with van der Waals surface area (Å²) in [6.07, 6.45) is 4.39. The largest absolute Gasteiger partial charge is 0.357 e. The molecule has 0 atom stereocenters. The summed E-state index contributed by atoms with van der Waals surface area (Å²) < 4.78 is 14.2. The monoisotopic (exact) mass is 389 g/mol. The number of hydrogen-bond donors (Lipinski definition) is 2. The standard InChI is InChI=1S/C22H36FN5/c1-3-24-21(25-12-6-14-28-15-7-13-27(2)16-17-28)26-18-22(10-11-22)19-8-4-5-9-20(19)23/h4-5,8-9H,3,6-7,10-18H2,1-2H3,(H2,24,25,26). The van der Waals surface area contributed by atoms with E-state index in [9.17, 15) is 4.39 Å². The summed E-state index contributed by atoms with van der Waals surface area (Å²) in [5, 5.41) is 6.79. The van der Waals surface area contributed by atoms with Gasteiger partial charge in [0, 0.05) is 31.6 Å². The summed E-state index contributed by atoms with van der Waals surface area (Å²) in [6, 6.07) is 7.15. The number of nitrogens with one attached hydrogen (secondary N) is 2. The molecule has 1 aliphatic heterocycles. The lowest BCUT2D eigenvalue weighted by molar-refractivity contribution is 0.274. The highest BCUT2D eigenvalue weighted by atomic mass is 19.1. The van der Waals surface area contributed by atoms with Crippen molar-refractivity contribution in [2.24, 2.45) is 4.99 Å². The Hall–Kier alpha value is -1.66.